The van der Waals surface area contributed by atoms with Crippen LogP contribution in [0.1, 0.15) is 36.4 Å². The molecule has 1 aliphatic heterocycles. The molecule has 3 rings (SSSR count). The number of hydrogen-bond donors (Lipinski definition) is 1. The van der Waals surface area contributed by atoms with Crippen molar-refractivity contribution in [2.45, 2.75) is 32.9 Å². The van der Waals surface area contributed by atoms with E-state index in [-0.39, 0.29) is 17.4 Å². The first-order chi connectivity index (χ1) is 10.9. The average Bonchev–Trinajstić information content (AvgIpc) is 2.88. The number of hydrogen-bond acceptors (Lipinski definition) is 4. The Hall–Kier alpha value is -1.85. The Labute approximate surface area is 136 Å². The minimum absolute atomic E-state index is 0.0757. The molecule has 2 aromatic rings. The summed E-state index contributed by atoms with van der Waals surface area (Å²) in [5, 5.41) is 0.936. The van der Waals surface area contributed by atoms with Gasteiger partial charge >= 0.3 is 0 Å². The third-order valence-electron chi connectivity index (χ3n) is 4.78. The molecule has 0 spiro atoms. The predicted molar refractivity (Wildman–Crippen MR) is 89.2 cm³/mol. The van der Waals surface area contributed by atoms with Gasteiger partial charge in [-0.15, -0.1) is 0 Å². The second-order valence-electron chi connectivity index (χ2n) is 6.95. The lowest BCUT2D eigenvalue weighted by Gasteiger charge is -2.42. The van der Waals surface area contributed by atoms with Gasteiger partial charge in [0.1, 0.15) is 5.58 Å². The maximum atomic E-state index is 13.0. The second-order valence-corrected chi connectivity index (χ2v) is 6.95. The molecule has 0 aliphatic carbocycles. The smallest absolute Gasteiger partial charge is 0.290 e. The molecule has 1 fully saturated rings. The highest BCUT2D eigenvalue weighted by Crippen LogP contribution is 2.32. The summed E-state index contributed by atoms with van der Waals surface area (Å²) < 4.78 is 11.1. The zero-order valence-electron chi connectivity index (χ0n) is 14.0. The van der Waals surface area contributed by atoms with Crippen LogP contribution in [0, 0.1) is 5.41 Å². The number of nitrogens with zero attached hydrogens (tertiary/aromatic N) is 1. The van der Waals surface area contributed by atoms with Crippen molar-refractivity contribution in [3.8, 4) is 0 Å². The van der Waals surface area contributed by atoms with E-state index in [1.807, 2.05) is 29.2 Å². The van der Waals surface area contributed by atoms with Crippen molar-refractivity contribution < 1.29 is 13.9 Å². The predicted octanol–water partition coefficient (Wildman–Crippen LogP) is 2.78. The Kier molecular flexibility index (Phi) is 4.17. The first kappa shape index (κ1) is 16.0. The van der Waals surface area contributed by atoms with Gasteiger partial charge in [-0.3, -0.25) is 4.79 Å². The molecule has 1 amide bonds. The third kappa shape index (κ3) is 2.86. The van der Waals surface area contributed by atoms with Gasteiger partial charge in [0.2, 0.25) is 0 Å². The highest BCUT2D eigenvalue weighted by molar-refractivity contribution is 5.99. The van der Waals surface area contributed by atoms with E-state index < -0.39 is 0 Å². The Balaban J connectivity index is 1.96. The molecule has 0 bridgehead atoms. The molecule has 2 N–H and O–H groups in total. The molecule has 5 heteroatoms. The van der Waals surface area contributed by atoms with Crippen molar-refractivity contribution in [1.29, 1.82) is 0 Å². The summed E-state index contributed by atoms with van der Waals surface area (Å²) in [4.78, 5) is 14.8. The van der Waals surface area contributed by atoms with Crippen molar-refractivity contribution in [3.05, 3.63) is 35.6 Å². The summed E-state index contributed by atoms with van der Waals surface area (Å²) in [6, 6.07) is 7.79. The second kappa shape index (κ2) is 5.98. The SMILES string of the molecule is COCc1c(C(=O)N2CCC(N)C(C)(C)C2)oc2ccccc12. The highest BCUT2D eigenvalue weighted by Gasteiger charge is 2.37. The van der Waals surface area contributed by atoms with Crippen LogP contribution >= 0.6 is 0 Å². The van der Waals surface area contributed by atoms with Gasteiger partial charge in [0.15, 0.2) is 5.76 Å². The fourth-order valence-corrected chi connectivity index (χ4v) is 3.25. The van der Waals surface area contributed by atoms with Crippen LogP contribution in [0.25, 0.3) is 11.0 Å². The topological polar surface area (TPSA) is 68.7 Å². The first-order valence-electron chi connectivity index (χ1n) is 7.98. The minimum Gasteiger partial charge on any atom is -0.451 e. The van der Waals surface area contributed by atoms with Crippen LogP contribution in [0.15, 0.2) is 28.7 Å². The van der Waals surface area contributed by atoms with Gasteiger partial charge in [-0.2, -0.15) is 0 Å². The van der Waals surface area contributed by atoms with E-state index in [0.717, 1.165) is 23.0 Å². The van der Waals surface area contributed by atoms with Gasteiger partial charge in [0, 0.05) is 37.2 Å². The van der Waals surface area contributed by atoms with Gasteiger partial charge in [-0.05, 0) is 17.9 Å². The number of nitrogens with two attached hydrogens (primary N) is 1. The number of para-hydroxylation sites is 1. The van der Waals surface area contributed by atoms with Crippen molar-refractivity contribution in [3.63, 3.8) is 0 Å². The van der Waals surface area contributed by atoms with Crippen molar-refractivity contribution in [1.82, 2.24) is 4.90 Å². The Morgan fingerprint density at radius 3 is 2.87 bits per heavy atom. The molecule has 1 aromatic heterocycles. The summed E-state index contributed by atoms with van der Waals surface area (Å²) in [5.74, 6) is 0.313. The molecule has 2 heterocycles. The fourth-order valence-electron chi connectivity index (χ4n) is 3.25. The molecule has 1 atom stereocenters. The van der Waals surface area contributed by atoms with Crippen molar-refractivity contribution in [2.24, 2.45) is 11.1 Å². The van der Waals surface area contributed by atoms with E-state index in [9.17, 15) is 4.79 Å². The van der Waals surface area contributed by atoms with E-state index >= 15 is 0 Å². The number of carbonyl (C=O) groups is 1. The van der Waals surface area contributed by atoms with Crippen LogP contribution < -0.4 is 5.73 Å². The number of piperidine rings is 1. The number of benzene rings is 1. The number of amides is 1. The Bertz CT molecular complexity index is 720. The van der Waals surface area contributed by atoms with E-state index in [0.29, 0.717) is 25.5 Å². The number of rotatable bonds is 3. The molecule has 0 radical (unpaired) electrons. The Morgan fingerprint density at radius 1 is 1.43 bits per heavy atom. The van der Waals surface area contributed by atoms with Crippen LogP contribution in [-0.4, -0.2) is 37.0 Å². The molecule has 124 valence electrons. The number of fused-ring (bicyclic) bond motifs is 1. The Morgan fingerprint density at radius 2 is 2.17 bits per heavy atom. The number of likely N-dealkylation sites (tertiary alicyclic amines) is 1. The normalized spacial score (nSPS) is 20.9. The molecule has 1 unspecified atom stereocenters. The highest BCUT2D eigenvalue weighted by atomic mass is 16.5. The standard InChI is InChI=1S/C18H24N2O3/c1-18(2)11-20(9-8-15(18)19)17(21)16-13(10-22-3)12-6-4-5-7-14(12)23-16/h4-7,15H,8-11,19H2,1-3H3. The van der Waals surface area contributed by atoms with Crippen molar-refractivity contribution >= 4 is 16.9 Å². The zero-order chi connectivity index (χ0) is 16.6. The summed E-state index contributed by atoms with van der Waals surface area (Å²) >= 11 is 0. The monoisotopic (exact) mass is 316 g/mol. The van der Waals surface area contributed by atoms with Gasteiger partial charge in [0.25, 0.3) is 5.91 Å². The third-order valence-corrected chi connectivity index (χ3v) is 4.78. The quantitative estimate of drug-likeness (QED) is 0.945. The van der Waals surface area contributed by atoms with Gasteiger partial charge in [-0.25, -0.2) is 0 Å². The van der Waals surface area contributed by atoms with Crippen LogP contribution in [0.3, 0.4) is 0 Å². The number of furan rings is 1. The average molecular weight is 316 g/mol. The lowest BCUT2D eigenvalue weighted by Crippen LogP contribution is -2.54. The van der Waals surface area contributed by atoms with Gasteiger partial charge in [0.05, 0.1) is 6.61 Å². The van der Waals surface area contributed by atoms with Crippen LogP contribution in [0.5, 0.6) is 0 Å². The molecule has 1 aromatic carbocycles. The molecule has 1 aliphatic rings. The lowest BCUT2D eigenvalue weighted by molar-refractivity contribution is 0.0500. The maximum Gasteiger partial charge on any atom is 0.290 e. The van der Waals surface area contributed by atoms with E-state index in [4.69, 9.17) is 14.9 Å². The van der Waals surface area contributed by atoms with E-state index in [1.165, 1.54) is 0 Å². The molecular formula is C18H24N2O3. The zero-order valence-corrected chi connectivity index (χ0v) is 14.0. The van der Waals surface area contributed by atoms with Crippen molar-refractivity contribution in [2.75, 3.05) is 20.2 Å². The lowest BCUT2D eigenvalue weighted by atomic mass is 9.79. The molecule has 0 saturated carbocycles. The summed E-state index contributed by atoms with van der Waals surface area (Å²) in [7, 11) is 1.62. The van der Waals surface area contributed by atoms with E-state index in [1.54, 1.807) is 7.11 Å². The van der Waals surface area contributed by atoms with Gasteiger partial charge < -0.3 is 19.8 Å². The molecular weight excluding hydrogens is 292 g/mol. The van der Waals surface area contributed by atoms with Crippen LogP contribution in [0.2, 0.25) is 0 Å². The summed E-state index contributed by atoms with van der Waals surface area (Å²) in [5.41, 5.74) is 7.61. The van der Waals surface area contributed by atoms with Crippen LogP contribution in [-0.2, 0) is 11.3 Å². The minimum atomic E-state index is -0.0959. The number of ether oxygens (including phenoxy) is 1. The summed E-state index contributed by atoms with van der Waals surface area (Å²) in [6.07, 6.45) is 0.804. The maximum absolute atomic E-state index is 13.0. The molecule has 5 nitrogen and oxygen atoms in total. The molecule has 1 saturated heterocycles. The van der Waals surface area contributed by atoms with Gasteiger partial charge in [-0.1, -0.05) is 32.0 Å². The van der Waals surface area contributed by atoms with E-state index in [2.05, 4.69) is 13.8 Å². The first-order valence-corrected chi connectivity index (χ1v) is 7.98. The van der Waals surface area contributed by atoms with Crippen LogP contribution in [0.4, 0.5) is 0 Å². The fraction of sp³-hybridized carbons (Fsp3) is 0.500. The summed E-state index contributed by atoms with van der Waals surface area (Å²) in [6.45, 7) is 5.86. The number of carbonyl (C=O) groups excluding carboxylic acids is 1. The molecule has 23 heavy (non-hydrogen) atoms. The number of methoxy groups -OCH3 is 1. The largest absolute Gasteiger partial charge is 0.451 e.